The van der Waals surface area contributed by atoms with Crippen LogP contribution >= 0.6 is 46.7 Å². The second-order valence-electron chi connectivity index (χ2n) is 8.69. The van der Waals surface area contributed by atoms with Gasteiger partial charge in [-0.1, -0.05) is 59.3 Å². The maximum Gasteiger partial charge on any atom is 0.413 e. The third-order valence-corrected chi connectivity index (χ3v) is 10.3. The molecular weight excluding hydrogens is 541 g/mol. The highest BCUT2D eigenvalue weighted by molar-refractivity contribution is 8.09. The van der Waals surface area contributed by atoms with Crippen molar-refractivity contribution in [3.8, 4) is 11.8 Å². The van der Waals surface area contributed by atoms with Crippen molar-refractivity contribution in [2.45, 2.75) is 36.4 Å². The van der Waals surface area contributed by atoms with Crippen molar-refractivity contribution in [3.63, 3.8) is 0 Å². The molecule has 2 N–H and O–H groups in total. The normalized spacial score (nSPS) is 22.3. The van der Waals surface area contributed by atoms with Crippen molar-refractivity contribution in [2.24, 2.45) is 12.5 Å². The van der Waals surface area contributed by atoms with Crippen molar-refractivity contribution in [2.75, 3.05) is 5.32 Å². The first-order chi connectivity index (χ1) is 17.2. The van der Waals surface area contributed by atoms with Crippen LogP contribution in [0.1, 0.15) is 37.0 Å². The topological polar surface area (TPSA) is 93.4 Å². The van der Waals surface area contributed by atoms with E-state index in [4.69, 9.17) is 27.9 Å². The number of carboxylic acids is 1. The Balaban J connectivity index is 1.27. The fourth-order valence-electron chi connectivity index (χ4n) is 4.10. The SMILES string of the molecule is CC(OC(=O)Nc1c(C#CC2=C(Cl)C3SC(C4(C(=O)O)CC4)=CC3S2)cnn1C)c1ccccc1Cl. The third kappa shape index (κ3) is 4.63. The van der Waals surface area contributed by atoms with Crippen LogP contribution in [0.3, 0.4) is 0 Å². The molecule has 3 aliphatic rings. The summed E-state index contributed by atoms with van der Waals surface area (Å²) >= 11 is 15.9. The molecular formula is C25H21Cl2N3O4S2. The first kappa shape index (κ1) is 25.2. The van der Waals surface area contributed by atoms with Gasteiger partial charge in [-0.3, -0.25) is 14.8 Å². The average molecular weight is 563 g/mol. The van der Waals surface area contributed by atoms with Gasteiger partial charge in [0.15, 0.2) is 0 Å². The van der Waals surface area contributed by atoms with Gasteiger partial charge in [0.2, 0.25) is 0 Å². The number of hydrogen-bond donors (Lipinski definition) is 2. The summed E-state index contributed by atoms with van der Waals surface area (Å²) in [4.78, 5) is 25.9. The Morgan fingerprint density at radius 3 is 2.69 bits per heavy atom. The van der Waals surface area contributed by atoms with Crippen molar-refractivity contribution in [1.82, 2.24) is 9.78 Å². The number of rotatable bonds is 5. The summed E-state index contributed by atoms with van der Waals surface area (Å²) in [6.45, 7) is 1.74. The van der Waals surface area contributed by atoms with E-state index in [-0.39, 0.29) is 10.5 Å². The molecule has 0 radical (unpaired) electrons. The quantitative estimate of drug-likeness (QED) is 0.422. The number of anilines is 1. The van der Waals surface area contributed by atoms with Crippen LogP contribution in [-0.4, -0.2) is 37.4 Å². The molecule has 1 aliphatic carbocycles. The van der Waals surface area contributed by atoms with E-state index < -0.39 is 23.6 Å². The number of carboxylic acid groups (broad SMARTS) is 1. The van der Waals surface area contributed by atoms with Gasteiger partial charge in [-0.25, -0.2) is 4.79 Å². The molecule has 3 unspecified atom stereocenters. The van der Waals surface area contributed by atoms with Crippen LogP contribution < -0.4 is 5.32 Å². The van der Waals surface area contributed by atoms with Gasteiger partial charge in [-0.15, -0.1) is 23.5 Å². The number of nitrogens with zero attached hydrogens (tertiary/aromatic N) is 2. The zero-order valence-electron chi connectivity index (χ0n) is 19.2. The highest BCUT2D eigenvalue weighted by atomic mass is 35.5. The van der Waals surface area contributed by atoms with Gasteiger partial charge in [0.05, 0.1) is 32.4 Å². The number of hydrogen-bond acceptors (Lipinski definition) is 6. The molecule has 1 saturated carbocycles. The lowest BCUT2D eigenvalue weighted by Crippen LogP contribution is -2.18. The van der Waals surface area contributed by atoms with E-state index in [1.54, 1.807) is 32.3 Å². The fraction of sp³-hybridized carbons (Fsp3) is 0.320. The van der Waals surface area contributed by atoms with E-state index in [9.17, 15) is 14.7 Å². The average Bonchev–Trinajstić information content (AvgIpc) is 3.33. The number of allylic oxidation sites excluding steroid dienone is 1. The van der Waals surface area contributed by atoms with Gasteiger partial charge in [-0.05, 0) is 25.8 Å². The van der Waals surface area contributed by atoms with E-state index in [2.05, 4.69) is 22.3 Å². The van der Waals surface area contributed by atoms with E-state index in [0.29, 0.717) is 39.8 Å². The predicted molar refractivity (Wildman–Crippen MR) is 143 cm³/mol. The number of carbonyl (C=O) groups excluding carboxylic acids is 1. The predicted octanol–water partition coefficient (Wildman–Crippen LogP) is 6.16. The smallest absolute Gasteiger partial charge is 0.413 e. The second-order valence-corrected chi connectivity index (χ2v) is 11.9. The van der Waals surface area contributed by atoms with Gasteiger partial charge in [-0.2, -0.15) is 5.10 Å². The Hall–Kier alpha value is -2.51. The molecule has 0 saturated heterocycles. The number of fused-ring (bicyclic) bond motifs is 1. The largest absolute Gasteiger partial charge is 0.481 e. The van der Waals surface area contributed by atoms with Crippen molar-refractivity contribution >= 4 is 64.6 Å². The number of thioether (sulfide) groups is 2. The molecule has 7 nitrogen and oxygen atoms in total. The Morgan fingerprint density at radius 1 is 1.28 bits per heavy atom. The summed E-state index contributed by atoms with van der Waals surface area (Å²) in [6.07, 6.45) is 3.74. The van der Waals surface area contributed by atoms with Gasteiger partial charge in [0.25, 0.3) is 0 Å². The number of benzene rings is 1. The minimum absolute atomic E-state index is 0.0273. The number of ether oxygens (including phenoxy) is 1. The summed E-state index contributed by atoms with van der Waals surface area (Å²) in [5.74, 6) is 5.80. The number of amides is 1. The first-order valence-corrected chi connectivity index (χ1v) is 13.7. The zero-order valence-corrected chi connectivity index (χ0v) is 22.4. The lowest BCUT2D eigenvalue weighted by molar-refractivity contribution is -0.141. The molecule has 3 heterocycles. The van der Waals surface area contributed by atoms with Crippen molar-refractivity contribution in [1.29, 1.82) is 0 Å². The zero-order chi connectivity index (χ0) is 25.6. The van der Waals surface area contributed by atoms with Gasteiger partial charge >= 0.3 is 12.1 Å². The first-order valence-electron chi connectivity index (χ1n) is 11.1. The third-order valence-electron chi connectivity index (χ3n) is 6.32. The number of aryl methyl sites for hydroxylation is 1. The van der Waals surface area contributed by atoms with Crippen LogP contribution in [0.5, 0.6) is 0 Å². The second kappa shape index (κ2) is 9.75. The summed E-state index contributed by atoms with van der Waals surface area (Å²) in [5, 5.41) is 17.7. The monoisotopic (exact) mass is 561 g/mol. The summed E-state index contributed by atoms with van der Waals surface area (Å²) in [6, 6.07) is 7.18. The maximum atomic E-state index is 12.6. The van der Waals surface area contributed by atoms with Gasteiger partial charge < -0.3 is 9.84 Å². The standard InChI is InChI=1S/C25H21Cl2N3O4S2/c1-13(15-5-3-4-6-16(15)26)34-24(33)29-22-14(12-28-30(22)2)7-8-17-20(27)21-18(35-17)11-19(36-21)25(9-10-25)23(31)32/h3-6,11-13,18,21H,9-10H2,1-2H3,(H,29,33)(H,31,32). The molecule has 36 heavy (non-hydrogen) atoms. The summed E-state index contributed by atoms with van der Waals surface area (Å²) in [5.41, 5.74) is 0.504. The lowest BCUT2D eigenvalue weighted by Gasteiger charge is -2.15. The van der Waals surface area contributed by atoms with Crippen LogP contribution in [0.2, 0.25) is 5.02 Å². The molecule has 1 fully saturated rings. The van der Waals surface area contributed by atoms with E-state index in [1.165, 1.54) is 28.2 Å². The molecule has 11 heteroatoms. The molecule has 2 aromatic rings. The van der Waals surface area contributed by atoms with Crippen LogP contribution in [0, 0.1) is 17.3 Å². The van der Waals surface area contributed by atoms with Crippen molar-refractivity contribution < 1.29 is 19.4 Å². The van der Waals surface area contributed by atoms with Crippen LogP contribution in [0.4, 0.5) is 10.6 Å². The Kier molecular flexibility index (Phi) is 6.81. The Labute approximate surface area is 226 Å². The van der Waals surface area contributed by atoms with Crippen LogP contribution in [-0.2, 0) is 16.6 Å². The molecule has 5 rings (SSSR count). The van der Waals surface area contributed by atoms with Crippen molar-refractivity contribution in [3.05, 3.63) is 67.5 Å². The minimum Gasteiger partial charge on any atom is -0.481 e. The van der Waals surface area contributed by atoms with E-state index >= 15 is 0 Å². The van der Waals surface area contributed by atoms with E-state index in [0.717, 1.165) is 9.81 Å². The highest BCUT2D eigenvalue weighted by Gasteiger charge is 2.57. The van der Waals surface area contributed by atoms with Gasteiger partial charge in [0, 0.05) is 27.8 Å². The Morgan fingerprint density at radius 2 is 2.03 bits per heavy atom. The van der Waals surface area contributed by atoms with E-state index in [1.807, 2.05) is 18.2 Å². The Bertz CT molecular complexity index is 1390. The summed E-state index contributed by atoms with van der Waals surface area (Å²) < 4.78 is 7.00. The maximum absolute atomic E-state index is 12.6. The molecule has 1 amide bonds. The molecule has 0 bridgehead atoms. The number of halogens is 2. The molecule has 1 aromatic carbocycles. The minimum atomic E-state index is -0.761. The fourth-order valence-corrected chi connectivity index (χ4v) is 7.95. The molecule has 3 atom stereocenters. The van der Waals surface area contributed by atoms with Gasteiger partial charge in [0.1, 0.15) is 11.9 Å². The number of carbonyl (C=O) groups is 2. The van der Waals surface area contributed by atoms with Crippen LogP contribution in [0.15, 0.2) is 51.4 Å². The molecule has 186 valence electrons. The number of aromatic nitrogens is 2. The molecule has 2 aliphatic heterocycles. The van der Waals surface area contributed by atoms with Crippen LogP contribution in [0.25, 0.3) is 0 Å². The highest BCUT2D eigenvalue weighted by Crippen LogP contribution is 2.63. The molecule has 1 aromatic heterocycles. The summed E-state index contributed by atoms with van der Waals surface area (Å²) in [7, 11) is 1.69. The molecule has 0 spiro atoms. The number of aliphatic carboxylic acids is 1. The lowest BCUT2D eigenvalue weighted by atomic mass is 10.1. The number of nitrogens with one attached hydrogen (secondary N) is 1.